The van der Waals surface area contributed by atoms with E-state index < -0.39 is 5.54 Å². The van der Waals surface area contributed by atoms with Crippen molar-refractivity contribution < 1.29 is 4.79 Å². The van der Waals surface area contributed by atoms with Crippen molar-refractivity contribution >= 4 is 12.0 Å². The minimum atomic E-state index is -0.475. The highest BCUT2D eigenvalue weighted by atomic mass is 16.1. The van der Waals surface area contributed by atoms with Crippen LogP contribution in [0.1, 0.15) is 45.4 Å². The van der Waals surface area contributed by atoms with Crippen LogP contribution in [0.3, 0.4) is 0 Å². The third-order valence-corrected chi connectivity index (χ3v) is 4.25. The Kier molecular flexibility index (Phi) is 7.95. The van der Waals surface area contributed by atoms with E-state index in [2.05, 4.69) is 10.2 Å². The third kappa shape index (κ3) is 6.11. The number of nitrogens with zero attached hydrogens (tertiary/aromatic N) is 1. The van der Waals surface area contributed by atoms with Gasteiger partial charge in [0.25, 0.3) is 0 Å². The Morgan fingerprint density at radius 3 is 2.55 bits per heavy atom. The number of piperazine rings is 1. The molecule has 116 valence electrons. The van der Waals surface area contributed by atoms with E-state index in [9.17, 15) is 4.79 Å². The summed E-state index contributed by atoms with van der Waals surface area (Å²) >= 11 is 0. The highest BCUT2D eigenvalue weighted by Crippen LogP contribution is 2.20. The number of carbonyl (C=O) groups excluding carboxylic acids is 1. The fraction of sp³-hybridized carbons (Fsp3) is 0.867. The van der Waals surface area contributed by atoms with Crippen LogP contribution in [-0.2, 0) is 4.79 Å². The van der Waals surface area contributed by atoms with E-state index in [4.69, 9.17) is 11.1 Å². The molecular formula is C15H30N4O. The van der Waals surface area contributed by atoms with Crippen LogP contribution in [-0.4, -0.2) is 55.2 Å². The summed E-state index contributed by atoms with van der Waals surface area (Å²) in [6, 6.07) is 0. The summed E-state index contributed by atoms with van der Waals surface area (Å²) in [5, 5.41) is 11.3. The Morgan fingerprint density at radius 2 is 1.95 bits per heavy atom. The van der Waals surface area contributed by atoms with E-state index in [0.29, 0.717) is 12.1 Å². The maximum absolute atomic E-state index is 10.3. The van der Waals surface area contributed by atoms with Gasteiger partial charge < -0.3 is 26.2 Å². The second-order valence-electron chi connectivity index (χ2n) is 5.89. The van der Waals surface area contributed by atoms with Gasteiger partial charge in [0, 0.05) is 38.3 Å². The van der Waals surface area contributed by atoms with E-state index in [1.165, 1.54) is 0 Å². The number of nitrogens with two attached hydrogens (primary N) is 1. The topological polar surface area (TPSA) is 82.2 Å². The molecule has 1 heterocycles. The Morgan fingerprint density at radius 1 is 1.30 bits per heavy atom. The minimum Gasteiger partial charge on any atom is -0.320 e. The largest absolute Gasteiger partial charge is 0.320 e. The number of hydrogen-bond acceptors (Lipinski definition) is 5. The van der Waals surface area contributed by atoms with Crippen molar-refractivity contribution in [2.24, 2.45) is 5.73 Å². The summed E-state index contributed by atoms with van der Waals surface area (Å²) in [5.41, 5.74) is 6.49. The molecule has 0 aliphatic carbocycles. The first kappa shape index (κ1) is 17.3. The van der Waals surface area contributed by atoms with E-state index in [1.54, 1.807) is 0 Å². The Hall–Kier alpha value is -0.780. The van der Waals surface area contributed by atoms with Crippen LogP contribution >= 0.6 is 0 Å². The van der Waals surface area contributed by atoms with Crippen LogP contribution in [0.2, 0.25) is 0 Å². The highest BCUT2D eigenvalue weighted by Gasteiger charge is 2.26. The second-order valence-corrected chi connectivity index (χ2v) is 5.89. The Balaban J connectivity index is 2.29. The molecule has 0 aromatic carbocycles. The van der Waals surface area contributed by atoms with E-state index in [0.717, 1.165) is 71.1 Å². The molecule has 1 atom stereocenters. The van der Waals surface area contributed by atoms with Crippen LogP contribution in [0.25, 0.3) is 0 Å². The minimum absolute atomic E-state index is 0.475. The molecule has 1 aliphatic heterocycles. The van der Waals surface area contributed by atoms with Gasteiger partial charge in [-0.05, 0) is 39.2 Å². The van der Waals surface area contributed by atoms with Crippen molar-refractivity contribution in [2.75, 3.05) is 32.7 Å². The van der Waals surface area contributed by atoms with Crippen LogP contribution in [0, 0.1) is 5.41 Å². The van der Waals surface area contributed by atoms with Crippen LogP contribution < -0.4 is 11.1 Å². The molecular weight excluding hydrogens is 252 g/mol. The first-order valence-corrected chi connectivity index (χ1v) is 7.80. The first-order chi connectivity index (χ1) is 9.58. The molecule has 20 heavy (non-hydrogen) atoms. The summed E-state index contributed by atoms with van der Waals surface area (Å²) < 4.78 is 0. The summed E-state index contributed by atoms with van der Waals surface area (Å²) in [5.74, 6) is 0. The predicted octanol–water partition coefficient (Wildman–Crippen LogP) is 1.17. The molecule has 0 spiro atoms. The zero-order chi connectivity index (χ0) is 14.8. The fourth-order valence-corrected chi connectivity index (χ4v) is 2.72. The summed E-state index contributed by atoms with van der Waals surface area (Å²) in [4.78, 5) is 12.8. The Bertz CT molecular complexity index is 302. The van der Waals surface area contributed by atoms with Gasteiger partial charge >= 0.3 is 0 Å². The molecule has 0 bridgehead atoms. The molecule has 0 saturated carbocycles. The van der Waals surface area contributed by atoms with Gasteiger partial charge in [0.05, 0.1) is 5.54 Å². The van der Waals surface area contributed by atoms with Crippen molar-refractivity contribution in [1.82, 2.24) is 10.2 Å². The molecule has 5 heteroatoms. The normalized spacial score (nSPS) is 19.5. The average Bonchev–Trinajstić information content (AvgIpc) is 2.45. The molecule has 1 fully saturated rings. The van der Waals surface area contributed by atoms with Crippen molar-refractivity contribution in [3.8, 4) is 0 Å². The van der Waals surface area contributed by atoms with Crippen molar-refractivity contribution in [3.63, 3.8) is 0 Å². The molecule has 4 N–H and O–H groups in total. The molecule has 1 saturated heterocycles. The van der Waals surface area contributed by atoms with Crippen molar-refractivity contribution in [2.45, 2.75) is 51.0 Å². The standard InChI is InChI=1S/C15H30N4O/c1-14(16)15(17,6-3-2-4-13-20)7-5-10-19-11-8-18-9-12-19/h13,16,18H,2-12,17H2,1H3. The summed E-state index contributed by atoms with van der Waals surface area (Å²) in [6.07, 6.45) is 6.10. The van der Waals surface area contributed by atoms with Gasteiger partial charge in [-0.1, -0.05) is 6.42 Å². The van der Waals surface area contributed by atoms with E-state index in [1.807, 2.05) is 6.92 Å². The maximum atomic E-state index is 10.3. The first-order valence-electron chi connectivity index (χ1n) is 7.80. The lowest BCUT2D eigenvalue weighted by Crippen LogP contribution is -2.48. The van der Waals surface area contributed by atoms with E-state index in [-0.39, 0.29) is 0 Å². The number of aldehydes is 1. The van der Waals surface area contributed by atoms with Gasteiger partial charge in [-0.3, -0.25) is 0 Å². The lowest BCUT2D eigenvalue weighted by molar-refractivity contribution is -0.107. The zero-order valence-corrected chi connectivity index (χ0v) is 12.8. The number of nitrogens with one attached hydrogen (secondary N) is 2. The molecule has 0 aromatic rings. The van der Waals surface area contributed by atoms with E-state index >= 15 is 0 Å². The second kappa shape index (κ2) is 9.21. The molecule has 1 aliphatic rings. The average molecular weight is 282 g/mol. The quantitative estimate of drug-likeness (QED) is 0.319. The summed E-state index contributed by atoms with van der Waals surface area (Å²) in [7, 11) is 0. The van der Waals surface area contributed by atoms with Crippen molar-refractivity contribution in [3.05, 3.63) is 0 Å². The van der Waals surface area contributed by atoms with Gasteiger partial charge in [-0.25, -0.2) is 0 Å². The zero-order valence-electron chi connectivity index (χ0n) is 12.8. The monoisotopic (exact) mass is 282 g/mol. The number of rotatable bonds is 10. The van der Waals surface area contributed by atoms with Gasteiger partial charge in [0.1, 0.15) is 6.29 Å². The van der Waals surface area contributed by atoms with Crippen LogP contribution in [0.15, 0.2) is 0 Å². The maximum Gasteiger partial charge on any atom is 0.119 e. The molecule has 1 rings (SSSR count). The molecule has 5 nitrogen and oxygen atoms in total. The molecule has 0 aromatic heterocycles. The van der Waals surface area contributed by atoms with Gasteiger partial charge in [-0.2, -0.15) is 0 Å². The van der Waals surface area contributed by atoms with Gasteiger partial charge in [0.2, 0.25) is 0 Å². The van der Waals surface area contributed by atoms with Gasteiger partial charge in [-0.15, -0.1) is 0 Å². The van der Waals surface area contributed by atoms with Crippen LogP contribution in [0.5, 0.6) is 0 Å². The lowest BCUT2D eigenvalue weighted by atomic mass is 9.84. The highest BCUT2D eigenvalue weighted by molar-refractivity contribution is 5.88. The number of hydrogen-bond donors (Lipinski definition) is 3. The smallest absolute Gasteiger partial charge is 0.119 e. The third-order valence-electron chi connectivity index (χ3n) is 4.25. The van der Waals surface area contributed by atoms with Gasteiger partial charge in [0.15, 0.2) is 0 Å². The molecule has 1 unspecified atom stereocenters. The SMILES string of the molecule is CC(=N)C(N)(CCCCC=O)CCCN1CCNCC1. The number of carbonyl (C=O) groups is 1. The fourth-order valence-electron chi connectivity index (χ4n) is 2.72. The Labute approximate surface area is 122 Å². The predicted molar refractivity (Wildman–Crippen MR) is 83.4 cm³/mol. The number of unbranched alkanes of at least 4 members (excludes halogenated alkanes) is 2. The molecule has 0 amide bonds. The molecule has 0 radical (unpaired) electrons. The lowest BCUT2D eigenvalue weighted by Gasteiger charge is -2.31. The summed E-state index contributed by atoms with van der Waals surface area (Å²) in [6.45, 7) is 7.25. The van der Waals surface area contributed by atoms with Crippen LogP contribution in [0.4, 0.5) is 0 Å². The van der Waals surface area contributed by atoms with Crippen molar-refractivity contribution in [1.29, 1.82) is 5.41 Å².